The zero-order chi connectivity index (χ0) is 26.0. The Labute approximate surface area is 222 Å². The summed E-state index contributed by atoms with van der Waals surface area (Å²) in [5.74, 6) is 1.29. The second-order valence-electron chi connectivity index (χ2n) is 9.14. The van der Waals surface area contributed by atoms with Gasteiger partial charge in [0.2, 0.25) is 0 Å². The van der Waals surface area contributed by atoms with Crippen molar-refractivity contribution in [1.82, 2.24) is 4.90 Å². The summed E-state index contributed by atoms with van der Waals surface area (Å²) in [6.45, 7) is 4.17. The smallest absolute Gasteiger partial charge is 0.193 e. The lowest BCUT2D eigenvalue weighted by Gasteiger charge is -2.22. The molecule has 0 aliphatic heterocycles. The van der Waals surface area contributed by atoms with Gasteiger partial charge in [0.25, 0.3) is 0 Å². The second kappa shape index (κ2) is 12.9. The highest BCUT2D eigenvalue weighted by Crippen LogP contribution is 2.24. The van der Waals surface area contributed by atoms with Gasteiger partial charge < -0.3 is 13.9 Å². The lowest BCUT2D eigenvalue weighted by Crippen LogP contribution is -2.27. The van der Waals surface area contributed by atoms with Gasteiger partial charge in [0.1, 0.15) is 23.7 Å². The normalized spacial score (nSPS) is 11.2. The quantitative estimate of drug-likeness (QED) is 0.180. The molecule has 5 rings (SSSR count). The van der Waals surface area contributed by atoms with E-state index in [1.807, 2.05) is 48.5 Å². The Morgan fingerprint density at radius 1 is 0.658 bits per heavy atom. The molecule has 4 aromatic carbocycles. The third kappa shape index (κ3) is 6.97. The molecule has 0 atom stereocenters. The van der Waals surface area contributed by atoms with Crippen molar-refractivity contribution in [3.63, 3.8) is 0 Å². The molecule has 0 fully saturated rings. The van der Waals surface area contributed by atoms with E-state index in [4.69, 9.17) is 13.9 Å². The molecule has 0 N–H and O–H groups in total. The van der Waals surface area contributed by atoms with Gasteiger partial charge in [-0.25, -0.2) is 0 Å². The lowest BCUT2D eigenvalue weighted by molar-refractivity contribution is 0.0760. The van der Waals surface area contributed by atoms with Crippen molar-refractivity contribution in [3.8, 4) is 17.1 Å². The molecule has 38 heavy (non-hydrogen) atoms. The molecule has 0 saturated heterocycles. The molecule has 5 aromatic rings. The Morgan fingerprint density at radius 2 is 1.29 bits per heavy atom. The van der Waals surface area contributed by atoms with Crippen LogP contribution in [0.1, 0.15) is 11.1 Å². The molecule has 1 heterocycles. The maximum absolute atomic E-state index is 12.4. The van der Waals surface area contributed by atoms with Crippen LogP contribution in [-0.2, 0) is 17.8 Å². The van der Waals surface area contributed by atoms with Crippen LogP contribution in [0.3, 0.4) is 0 Å². The molecule has 0 bridgehead atoms. The number of benzene rings is 4. The number of nitrogens with zero attached hydrogens (tertiary/aromatic N) is 1. The number of ether oxygens (including phenoxy) is 2. The lowest BCUT2D eigenvalue weighted by atomic mass is 10.1. The summed E-state index contributed by atoms with van der Waals surface area (Å²) in [5, 5.41) is 0.583. The Bertz CT molecular complexity index is 1440. The van der Waals surface area contributed by atoms with E-state index < -0.39 is 0 Å². The Morgan fingerprint density at radius 3 is 1.97 bits per heavy atom. The first-order valence-electron chi connectivity index (χ1n) is 12.9. The maximum atomic E-state index is 12.4. The average molecular weight is 506 g/mol. The van der Waals surface area contributed by atoms with Gasteiger partial charge in [-0.15, -0.1) is 0 Å². The molecule has 0 spiro atoms. The van der Waals surface area contributed by atoms with E-state index >= 15 is 0 Å². The van der Waals surface area contributed by atoms with Crippen molar-refractivity contribution in [2.45, 2.75) is 13.1 Å². The molecule has 0 aliphatic carbocycles. The fourth-order valence-corrected chi connectivity index (χ4v) is 4.37. The van der Waals surface area contributed by atoms with Gasteiger partial charge in [0.15, 0.2) is 5.43 Å². The van der Waals surface area contributed by atoms with Crippen LogP contribution in [0.15, 0.2) is 124 Å². The highest BCUT2D eigenvalue weighted by Gasteiger charge is 2.09. The van der Waals surface area contributed by atoms with Crippen molar-refractivity contribution >= 4 is 11.0 Å². The molecule has 0 amide bonds. The molecule has 1 aromatic heterocycles. The monoisotopic (exact) mass is 505 g/mol. The third-order valence-corrected chi connectivity index (χ3v) is 6.32. The number of hydrogen-bond donors (Lipinski definition) is 0. The van der Waals surface area contributed by atoms with E-state index in [2.05, 4.69) is 53.4 Å². The fraction of sp³-hybridized carbons (Fsp3) is 0.182. The third-order valence-electron chi connectivity index (χ3n) is 6.32. The summed E-state index contributed by atoms with van der Waals surface area (Å²) in [4.78, 5) is 14.8. The molecule has 192 valence electrons. The fourth-order valence-electron chi connectivity index (χ4n) is 4.37. The van der Waals surface area contributed by atoms with Crippen molar-refractivity contribution in [2.24, 2.45) is 0 Å². The first-order chi connectivity index (χ1) is 18.7. The summed E-state index contributed by atoms with van der Waals surface area (Å²) < 4.78 is 17.7. The average Bonchev–Trinajstić information content (AvgIpc) is 2.96. The van der Waals surface area contributed by atoms with Crippen molar-refractivity contribution < 1.29 is 13.9 Å². The van der Waals surface area contributed by atoms with Gasteiger partial charge in [0.05, 0.1) is 18.6 Å². The second-order valence-corrected chi connectivity index (χ2v) is 9.14. The summed E-state index contributed by atoms with van der Waals surface area (Å²) in [7, 11) is 0. The van der Waals surface area contributed by atoms with Crippen LogP contribution in [0.4, 0.5) is 0 Å². The number of fused-ring (bicyclic) bond motifs is 1. The standard InChI is InChI=1S/C33H31NO4/c35-31-23-33(38-32-14-8-7-13-30(31)32)28-15-17-29(18-16-28)37-22-21-36-20-19-34(24-26-9-3-1-4-10-26)25-27-11-5-2-6-12-27/h1-18,23H,19-22,24-25H2. The van der Waals surface area contributed by atoms with E-state index in [0.29, 0.717) is 36.6 Å². The first-order valence-corrected chi connectivity index (χ1v) is 12.9. The SMILES string of the molecule is O=c1cc(-c2ccc(OCCOCCN(Cc3ccccc3)Cc3ccccc3)cc2)oc2ccccc12. The molecule has 5 nitrogen and oxygen atoms in total. The molecule has 0 unspecified atom stereocenters. The highest BCUT2D eigenvalue weighted by atomic mass is 16.5. The van der Waals surface area contributed by atoms with Crippen molar-refractivity contribution in [2.75, 3.05) is 26.4 Å². The summed E-state index contributed by atoms with van der Waals surface area (Å²) >= 11 is 0. The van der Waals surface area contributed by atoms with Crippen LogP contribution < -0.4 is 10.2 Å². The van der Waals surface area contributed by atoms with Gasteiger partial charge in [-0.05, 0) is 47.5 Å². The highest BCUT2D eigenvalue weighted by molar-refractivity contribution is 5.78. The Kier molecular flexibility index (Phi) is 8.62. The minimum Gasteiger partial charge on any atom is -0.491 e. The zero-order valence-corrected chi connectivity index (χ0v) is 21.3. The molecule has 0 aliphatic rings. The first kappa shape index (κ1) is 25.5. The molecular weight excluding hydrogens is 474 g/mol. The zero-order valence-electron chi connectivity index (χ0n) is 21.3. The molecule has 5 heteroatoms. The summed E-state index contributed by atoms with van der Waals surface area (Å²) in [6, 6.07) is 37.4. The Hall–Kier alpha value is -4.19. The minimum absolute atomic E-state index is 0.0505. The largest absolute Gasteiger partial charge is 0.491 e. The predicted molar refractivity (Wildman–Crippen MR) is 151 cm³/mol. The van der Waals surface area contributed by atoms with E-state index in [1.54, 1.807) is 12.1 Å². The predicted octanol–water partition coefficient (Wildman–Crippen LogP) is 6.56. The minimum atomic E-state index is -0.0505. The van der Waals surface area contributed by atoms with Gasteiger partial charge in [0, 0.05) is 31.3 Å². The van der Waals surface area contributed by atoms with Crippen LogP contribution >= 0.6 is 0 Å². The van der Waals surface area contributed by atoms with Crippen molar-refractivity contribution in [1.29, 1.82) is 0 Å². The topological polar surface area (TPSA) is 51.9 Å². The van der Waals surface area contributed by atoms with Crippen LogP contribution in [0.2, 0.25) is 0 Å². The van der Waals surface area contributed by atoms with E-state index in [1.165, 1.54) is 17.2 Å². The van der Waals surface area contributed by atoms with E-state index in [0.717, 1.165) is 30.9 Å². The summed E-state index contributed by atoms with van der Waals surface area (Å²) in [6.07, 6.45) is 0. The van der Waals surface area contributed by atoms with Crippen LogP contribution in [0.5, 0.6) is 5.75 Å². The number of hydrogen-bond acceptors (Lipinski definition) is 5. The summed E-state index contributed by atoms with van der Waals surface area (Å²) in [5.41, 5.74) is 3.94. The van der Waals surface area contributed by atoms with Gasteiger partial charge >= 0.3 is 0 Å². The molecule has 0 saturated carbocycles. The van der Waals surface area contributed by atoms with Crippen LogP contribution in [0, 0.1) is 0 Å². The maximum Gasteiger partial charge on any atom is 0.193 e. The number of rotatable bonds is 12. The van der Waals surface area contributed by atoms with Gasteiger partial charge in [-0.1, -0.05) is 72.8 Å². The van der Waals surface area contributed by atoms with Crippen LogP contribution in [0.25, 0.3) is 22.3 Å². The van der Waals surface area contributed by atoms with E-state index in [9.17, 15) is 4.79 Å². The van der Waals surface area contributed by atoms with Crippen molar-refractivity contribution in [3.05, 3.63) is 137 Å². The Balaban J connectivity index is 1.09. The molecular formula is C33H31NO4. The van der Waals surface area contributed by atoms with Gasteiger partial charge in [-0.3, -0.25) is 9.69 Å². The van der Waals surface area contributed by atoms with Crippen LogP contribution in [-0.4, -0.2) is 31.3 Å². The van der Waals surface area contributed by atoms with Gasteiger partial charge in [-0.2, -0.15) is 0 Å². The molecule has 0 radical (unpaired) electrons. The number of para-hydroxylation sites is 1. The van der Waals surface area contributed by atoms with E-state index in [-0.39, 0.29) is 5.43 Å².